The van der Waals surface area contributed by atoms with Gasteiger partial charge in [-0.1, -0.05) is 19.1 Å². The van der Waals surface area contributed by atoms with Crippen LogP contribution >= 0.6 is 0 Å². The summed E-state index contributed by atoms with van der Waals surface area (Å²) >= 11 is 0. The molecule has 0 radical (unpaired) electrons. The first-order valence-electron chi connectivity index (χ1n) is 7.81. The maximum atomic E-state index is 12.7. The largest absolute Gasteiger partial charge is 0.481 e. The molecular weight excluding hydrogens is 298 g/mol. The quantitative estimate of drug-likeness (QED) is 0.896. The van der Waals surface area contributed by atoms with E-state index < -0.39 is 18.2 Å². The van der Waals surface area contributed by atoms with Crippen molar-refractivity contribution in [3.05, 3.63) is 29.8 Å². The van der Waals surface area contributed by atoms with Gasteiger partial charge in [0.2, 0.25) is 0 Å². The van der Waals surface area contributed by atoms with Crippen LogP contribution in [0.4, 0.5) is 0 Å². The molecule has 6 heteroatoms. The molecule has 3 atom stereocenters. The number of aryl methyl sites for hydroxylation is 1. The number of nitrogens with zero attached hydrogens (tertiary/aromatic N) is 1. The predicted octanol–water partition coefficient (Wildman–Crippen LogP) is 1.85. The summed E-state index contributed by atoms with van der Waals surface area (Å²) in [5.74, 6) is -0.612. The van der Waals surface area contributed by atoms with Gasteiger partial charge in [0, 0.05) is 6.54 Å². The minimum absolute atomic E-state index is 0.0478. The highest BCUT2D eigenvalue weighted by molar-refractivity contribution is 5.82. The summed E-state index contributed by atoms with van der Waals surface area (Å²) in [6.07, 6.45) is -1.42. The summed E-state index contributed by atoms with van der Waals surface area (Å²) < 4.78 is 11.2. The Kier molecular flexibility index (Phi) is 5.60. The van der Waals surface area contributed by atoms with Crippen molar-refractivity contribution in [2.45, 2.75) is 45.5 Å². The van der Waals surface area contributed by atoms with Gasteiger partial charge < -0.3 is 19.5 Å². The summed E-state index contributed by atoms with van der Waals surface area (Å²) in [4.78, 5) is 25.4. The number of hydrogen-bond donors (Lipinski definition) is 1. The van der Waals surface area contributed by atoms with Crippen molar-refractivity contribution >= 4 is 11.9 Å². The lowest BCUT2D eigenvalue weighted by atomic mass is 10.1. The molecule has 1 N–H and O–H groups in total. The van der Waals surface area contributed by atoms with Gasteiger partial charge in [0.05, 0.1) is 12.6 Å². The lowest BCUT2D eigenvalue weighted by molar-refractivity contribution is -0.168. The van der Waals surface area contributed by atoms with E-state index in [0.29, 0.717) is 18.7 Å². The van der Waals surface area contributed by atoms with E-state index in [-0.39, 0.29) is 18.6 Å². The molecule has 0 aliphatic carbocycles. The molecule has 1 fully saturated rings. The third-order valence-corrected chi connectivity index (χ3v) is 3.76. The number of hydrogen-bond acceptors (Lipinski definition) is 4. The van der Waals surface area contributed by atoms with E-state index in [1.165, 1.54) is 4.90 Å². The Labute approximate surface area is 136 Å². The summed E-state index contributed by atoms with van der Waals surface area (Å²) in [6, 6.07) is 7.51. The highest BCUT2D eigenvalue weighted by Crippen LogP contribution is 2.19. The molecular formula is C17H23NO5. The van der Waals surface area contributed by atoms with Crippen molar-refractivity contribution in [3.8, 4) is 5.75 Å². The van der Waals surface area contributed by atoms with Crippen molar-refractivity contribution in [2.75, 3.05) is 13.1 Å². The van der Waals surface area contributed by atoms with E-state index in [0.717, 1.165) is 5.56 Å². The molecule has 1 heterocycles. The average Bonchev–Trinajstić information content (AvgIpc) is 2.51. The van der Waals surface area contributed by atoms with Gasteiger partial charge in [-0.05, 0) is 38.0 Å². The number of ether oxygens (including phenoxy) is 2. The molecule has 1 aliphatic heterocycles. The maximum Gasteiger partial charge on any atom is 0.334 e. The first-order chi connectivity index (χ1) is 10.9. The van der Waals surface area contributed by atoms with E-state index in [1.54, 1.807) is 6.92 Å². The summed E-state index contributed by atoms with van der Waals surface area (Å²) in [5, 5.41) is 9.12. The van der Waals surface area contributed by atoms with Crippen LogP contribution in [0.15, 0.2) is 24.3 Å². The zero-order chi connectivity index (χ0) is 17.0. The van der Waals surface area contributed by atoms with E-state index in [4.69, 9.17) is 14.6 Å². The van der Waals surface area contributed by atoms with Crippen LogP contribution in [-0.2, 0) is 14.3 Å². The van der Waals surface area contributed by atoms with Crippen LogP contribution in [-0.4, -0.2) is 53.3 Å². The number of morpholine rings is 1. The predicted molar refractivity (Wildman–Crippen MR) is 84.4 cm³/mol. The SMILES string of the molecule is CCC(Oc1cccc(C)c1)C(=O)N1CC(C(=O)O)O[C@H](C)C1. The molecule has 0 aromatic heterocycles. The van der Waals surface area contributed by atoms with Gasteiger partial charge >= 0.3 is 5.97 Å². The number of carboxylic acid groups (broad SMARTS) is 1. The zero-order valence-electron chi connectivity index (χ0n) is 13.7. The van der Waals surface area contributed by atoms with Gasteiger partial charge in [-0.25, -0.2) is 4.79 Å². The topological polar surface area (TPSA) is 76.1 Å². The highest BCUT2D eigenvalue weighted by atomic mass is 16.5. The Morgan fingerprint density at radius 2 is 2.17 bits per heavy atom. The fourth-order valence-electron chi connectivity index (χ4n) is 2.63. The van der Waals surface area contributed by atoms with Crippen molar-refractivity contribution < 1.29 is 24.2 Å². The molecule has 2 unspecified atom stereocenters. The summed E-state index contributed by atoms with van der Waals surface area (Å²) in [5.41, 5.74) is 1.05. The third kappa shape index (κ3) is 4.45. The normalized spacial score (nSPS) is 22.5. The molecule has 23 heavy (non-hydrogen) atoms. The fourth-order valence-corrected chi connectivity index (χ4v) is 2.63. The molecule has 1 aliphatic rings. The summed E-state index contributed by atoms with van der Waals surface area (Å²) in [6.45, 7) is 6.01. The van der Waals surface area contributed by atoms with Crippen LogP contribution in [0.1, 0.15) is 25.8 Å². The van der Waals surface area contributed by atoms with Crippen molar-refractivity contribution in [3.63, 3.8) is 0 Å². The Balaban J connectivity index is 2.08. The molecule has 126 valence electrons. The van der Waals surface area contributed by atoms with Crippen LogP contribution in [0, 0.1) is 6.92 Å². The number of rotatable bonds is 5. The smallest absolute Gasteiger partial charge is 0.334 e. The number of carbonyl (C=O) groups excluding carboxylic acids is 1. The monoisotopic (exact) mass is 321 g/mol. The Hall–Kier alpha value is -2.08. The fraction of sp³-hybridized carbons (Fsp3) is 0.529. The second-order valence-corrected chi connectivity index (χ2v) is 5.85. The van der Waals surface area contributed by atoms with Crippen LogP contribution in [0.5, 0.6) is 5.75 Å². The Morgan fingerprint density at radius 3 is 2.78 bits per heavy atom. The molecule has 1 saturated heterocycles. The van der Waals surface area contributed by atoms with E-state index >= 15 is 0 Å². The molecule has 0 bridgehead atoms. The average molecular weight is 321 g/mol. The minimum Gasteiger partial charge on any atom is -0.481 e. The lowest BCUT2D eigenvalue weighted by Gasteiger charge is -2.36. The van der Waals surface area contributed by atoms with Gasteiger partial charge in [-0.15, -0.1) is 0 Å². The lowest BCUT2D eigenvalue weighted by Crippen LogP contribution is -2.54. The van der Waals surface area contributed by atoms with Crippen LogP contribution in [0.25, 0.3) is 0 Å². The van der Waals surface area contributed by atoms with Gasteiger partial charge in [0.15, 0.2) is 12.2 Å². The Bertz CT molecular complexity index is 574. The number of carboxylic acids is 1. The van der Waals surface area contributed by atoms with E-state index in [1.807, 2.05) is 38.1 Å². The number of benzene rings is 1. The highest BCUT2D eigenvalue weighted by Gasteiger charge is 2.35. The van der Waals surface area contributed by atoms with Crippen LogP contribution in [0.3, 0.4) is 0 Å². The molecule has 0 saturated carbocycles. The van der Waals surface area contributed by atoms with Crippen LogP contribution < -0.4 is 4.74 Å². The van der Waals surface area contributed by atoms with Crippen molar-refractivity contribution in [2.24, 2.45) is 0 Å². The Morgan fingerprint density at radius 1 is 1.43 bits per heavy atom. The van der Waals surface area contributed by atoms with Gasteiger partial charge in [-0.2, -0.15) is 0 Å². The van der Waals surface area contributed by atoms with Gasteiger partial charge in [0.25, 0.3) is 5.91 Å². The first kappa shape index (κ1) is 17.3. The molecule has 2 rings (SSSR count). The van der Waals surface area contributed by atoms with E-state index in [2.05, 4.69) is 0 Å². The van der Waals surface area contributed by atoms with E-state index in [9.17, 15) is 9.59 Å². The number of aliphatic carboxylic acids is 1. The number of amides is 1. The molecule has 1 aromatic rings. The van der Waals surface area contributed by atoms with Crippen LogP contribution in [0.2, 0.25) is 0 Å². The summed E-state index contributed by atoms with van der Waals surface area (Å²) in [7, 11) is 0. The van der Waals surface area contributed by atoms with Gasteiger partial charge in [0.1, 0.15) is 5.75 Å². The molecule has 1 amide bonds. The molecule has 1 aromatic carbocycles. The zero-order valence-corrected chi connectivity index (χ0v) is 13.7. The second-order valence-electron chi connectivity index (χ2n) is 5.85. The molecule has 6 nitrogen and oxygen atoms in total. The first-order valence-corrected chi connectivity index (χ1v) is 7.81. The van der Waals surface area contributed by atoms with Crippen molar-refractivity contribution in [1.29, 1.82) is 0 Å². The van der Waals surface area contributed by atoms with Crippen molar-refractivity contribution in [1.82, 2.24) is 4.90 Å². The molecule has 0 spiro atoms. The standard InChI is InChI=1S/C17H23NO5/c1-4-14(23-13-7-5-6-11(2)8-13)16(19)18-9-12(3)22-15(10-18)17(20)21/h5-8,12,14-15H,4,9-10H2,1-3H3,(H,20,21)/t12-,14?,15?/m1/s1. The number of carbonyl (C=O) groups is 2. The second kappa shape index (κ2) is 7.46. The third-order valence-electron chi connectivity index (χ3n) is 3.76. The minimum atomic E-state index is -1.05. The maximum absolute atomic E-state index is 12.7. The van der Waals surface area contributed by atoms with Gasteiger partial charge in [-0.3, -0.25) is 4.79 Å².